The molecular weight excluding hydrogens is 284 g/mol. The summed E-state index contributed by atoms with van der Waals surface area (Å²) in [5, 5.41) is 4.78. The molecule has 3 rings (SSSR count). The van der Waals surface area contributed by atoms with Gasteiger partial charge < -0.3 is 15.8 Å². The minimum atomic E-state index is -0.279. The largest absolute Gasteiger partial charge is 0.462 e. The Morgan fingerprint density at radius 3 is 2.62 bits per heavy atom. The lowest BCUT2D eigenvalue weighted by Crippen LogP contribution is -2.22. The highest BCUT2D eigenvalue weighted by atomic mass is 32.1. The maximum Gasteiger partial charge on any atom is 0.350 e. The van der Waals surface area contributed by atoms with Crippen molar-refractivity contribution in [3.8, 4) is 0 Å². The first-order chi connectivity index (χ1) is 10.2. The molecule has 21 heavy (non-hydrogen) atoms. The summed E-state index contributed by atoms with van der Waals surface area (Å²) in [4.78, 5) is 12.6. The zero-order valence-electron chi connectivity index (χ0n) is 12.6. The van der Waals surface area contributed by atoms with Crippen LogP contribution in [0.5, 0.6) is 0 Å². The van der Waals surface area contributed by atoms with Crippen molar-refractivity contribution in [3.05, 3.63) is 10.4 Å². The number of thiophene rings is 1. The molecule has 0 amide bonds. The Balaban J connectivity index is 1.83. The number of nitrogen functional groups attached to an aromatic ring is 1. The molecule has 1 heterocycles. The van der Waals surface area contributed by atoms with E-state index in [1.165, 1.54) is 61.8 Å². The van der Waals surface area contributed by atoms with Crippen molar-refractivity contribution in [2.75, 3.05) is 17.7 Å². The third kappa shape index (κ3) is 3.18. The van der Waals surface area contributed by atoms with Crippen LogP contribution in [0.15, 0.2) is 0 Å². The van der Waals surface area contributed by atoms with Crippen LogP contribution >= 0.6 is 11.3 Å². The van der Waals surface area contributed by atoms with Crippen molar-refractivity contribution in [3.63, 3.8) is 0 Å². The average molecular weight is 308 g/mol. The molecule has 116 valence electrons. The van der Waals surface area contributed by atoms with Crippen LogP contribution in [0, 0.1) is 0 Å². The lowest BCUT2D eigenvalue weighted by Gasteiger charge is -2.23. The maximum atomic E-state index is 12.0. The summed E-state index contributed by atoms with van der Waals surface area (Å²) in [5.41, 5.74) is 8.08. The number of carbonyl (C=O) groups is 1. The van der Waals surface area contributed by atoms with Gasteiger partial charge in [-0.15, -0.1) is 11.3 Å². The molecular formula is C16H24N2O2S. The molecule has 0 atom stereocenters. The SMILES string of the molecule is CCOC(=O)c1sc(NC2CCCCC2)c(C2CC2)c1N. The number of ether oxygens (including phenoxy) is 1. The predicted molar refractivity (Wildman–Crippen MR) is 87.2 cm³/mol. The summed E-state index contributed by atoms with van der Waals surface area (Å²) in [6.45, 7) is 2.21. The Labute approximate surface area is 130 Å². The predicted octanol–water partition coefficient (Wildman–Crippen LogP) is 4.13. The molecule has 5 heteroatoms. The number of carbonyl (C=O) groups excluding carboxylic acids is 1. The number of hydrogen-bond acceptors (Lipinski definition) is 5. The zero-order valence-corrected chi connectivity index (χ0v) is 13.4. The fraction of sp³-hybridized carbons (Fsp3) is 0.688. The highest BCUT2D eigenvalue weighted by Gasteiger charge is 2.34. The second-order valence-corrected chi connectivity index (χ2v) is 7.08. The van der Waals surface area contributed by atoms with Gasteiger partial charge >= 0.3 is 5.97 Å². The van der Waals surface area contributed by atoms with E-state index in [9.17, 15) is 4.79 Å². The van der Waals surface area contributed by atoms with E-state index in [-0.39, 0.29) is 5.97 Å². The Morgan fingerprint density at radius 1 is 1.29 bits per heavy atom. The van der Waals surface area contributed by atoms with Crippen molar-refractivity contribution >= 4 is 28.0 Å². The maximum absolute atomic E-state index is 12.0. The van der Waals surface area contributed by atoms with Gasteiger partial charge in [-0.1, -0.05) is 19.3 Å². The summed E-state index contributed by atoms with van der Waals surface area (Å²) < 4.78 is 5.13. The fourth-order valence-electron chi connectivity index (χ4n) is 3.12. The zero-order chi connectivity index (χ0) is 14.8. The number of esters is 1. The van der Waals surface area contributed by atoms with Crippen LogP contribution in [0.25, 0.3) is 0 Å². The van der Waals surface area contributed by atoms with E-state index in [0.717, 1.165) is 5.00 Å². The van der Waals surface area contributed by atoms with E-state index >= 15 is 0 Å². The molecule has 1 aromatic heterocycles. The van der Waals surface area contributed by atoms with Crippen molar-refractivity contribution in [1.82, 2.24) is 0 Å². The molecule has 2 saturated carbocycles. The van der Waals surface area contributed by atoms with Crippen LogP contribution in [0.1, 0.15) is 73.0 Å². The van der Waals surface area contributed by atoms with Gasteiger partial charge in [0.25, 0.3) is 0 Å². The van der Waals surface area contributed by atoms with Crippen molar-refractivity contribution in [2.45, 2.75) is 63.8 Å². The monoisotopic (exact) mass is 308 g/mol. The van der Waals surface area contributed by atoms with Crippen LogP contribution < -0.4 is 11.1 Å². The number of hydrogen-bond donors (Lipinski definition) is 2. The highest BCUT2D eigenvalue weighted by molar-refractivity contribution is 7.18. The first-order valence-electron chi connectivity index (χ1n) is 8.06. The van der Waals surface area contributed by atoms with Crippen molar-refractivity contribution < 1.29 is 9.53 Å². The number of nitrogens with two attached hydrogens (primary N) is 1. The number of anilines is 2. The molecule has 0 radical (unpaired) electrons. The van der Waals surface area contributed by atoms with Gasteiger partial charge in [0.15, 0.2) is 0 Å². The first-order valence-corrected chi connectivity index (χ1v) is 8.88. The van der Waals surface area contributed by atoms with E-state index in [1.54, 1.807) is 0 Å². The van der Waals surface area contributed by atoms with Crippen LogP contribution in [0.3, 0.4) is 0 Å². The Bertz CT molecular complexity index is 517. The summed E-state index contributed by atoms with van der Waals surface area (Å²) in [5.74, 6) is 0.258. The minimum Gasteiger partial charge on any atom is -0.462 e. The minimum absolute atomic E-state index is 0.279. The molecule has 0 spiro atoms. The van der Waals surface area contributed by atoms with E-state index in [0.29, 0.717) is 29.1 Å². The third-order valence-corrected chi connectivity index (χ3v) is 5.50. The fourth-order valence-corrected chi connectivity index (χ4v) is 4.30. The quantitative estimate of drug-likeness (QED) is 0.803. The summed E-state index contributed by atoms with van der Waals surface area (Å²) >= 11 is 1.49. The van der Waals surface area contributed by atoms with Crippen LogP contribution in [0.4, 0.5) is 10.7 Å². The molecule has 0 bridgehead atoms. The summed E-state index contributed by atoms with van der Waals surface area (Å²) in [7, 11) is 0. The van der Waals surface area contributed by atoms with Gasteiger partial charge in [0.2, 0.25) is 0 Å². The van der Waals surface area contributed by atoms with Gasteiger partial charge in [-0.05, 0) is 38.5 Å². The Hall–Kier alpha value is -1.23. The smallest absolute Gasteiger partial charge is 0.350 e. The summed E-state index contributed by atoms with van der Waals surface area (Å²) in [6, 6.07) is 0.532. The number of nitrogens with one attached hydrogen (secondary N) is 1. The molecule has 0 aromatic carbocycles. The summed E-state index contributed by atoms with van der Waals surface area (Å²) in [6.07, 6.45) is 8.73. The van der Waals surface area contributed by atoms with Crippen LogP contribution in [-0.4, -0.2) is 18.6 Å². The molecule has 0 unspecified atom stereocenters. The molecule has 2 aliphatic carbocycles. The molecule has 1 aromatic rings. The van der Waals surface area contributed by atoms with E-state index in [2.05, 4.69) is 5.32 Å². The van der Waals surface area contributed by atoms with Gasteiger partial charge in [-0.25, -0.2) is 4.79 Å². The molecule has 2 fully saturated rings. The molecule has 3 N–H and O–H groups in total. The second kappa shape index (κ2) is 6.26. The van der Waals surface area contributed by atoms with Crippen molar-refractivity contribution in [1.29, 1.82) is 0 Å². The molecule has 2 aliphatic rings. The molecule has 0 aliphatic heterocycles. The third-order valence-electron chi connectivity index (χ3n) is 4.37. The molecule has 4 nitrogen and oxygen atoms in total. The van der Waals surface area contributed by atoms with Gasteiger partial charge in [0.05, 0.1) is 17.3 Å². The topological polar surface area (TPSA) is 64.3 Å². The first kappa shape index (κ1) is 14.7. The van der Waals surface area contributed by atoms with E-state index in [1.807, 2.05) is 6.92 Å². The standard InChI is InChI=1S/C16H24N2O2S/c1-2-20-16(19)14-13(17)12(10-8-9-10)15(21-14)18-11-6-4-3-5-7-11/h10-11,18H,2-9,17H2,1H3. The van der Waals surface area contributed by atoms with Crippen LogP contribution in [0.2, 0.25) is 0 Å². The normalized spacial score (nSPS) is 19.5. The Kier molecular flexibility index (Phi) is 4.38. The van der Waals surface area contributed by atoms with Crippen molar-refractivity contribution in [2.24, 2.45) is 0 Å². The highest BCUT2D eigenvalue weighted by Crippen LogP contribution is 2.51. The lowest BCUT2D eigenvalue weighted by molar-refractivity contribution is 0.0533. The Morgan fingerprint density at radius 2 is 2.00 bits per heavy atom. The van der Waals surface area contributed by atoms with E-state index < -0.39 is 0 Å². The van der Waals surface area contributed by atoms with Gasteiger partial charge in [0.1, 0.15) is 4.88 Å². The van der Waals surface area contributed by atoms with E-state index in [4.69, 9.17) is 10.5 Å². The van der Waals surface area contributed by atoms with Gasteiger partial charge in [0, 0.05) is 11.6 Å². The van der Waals surface area contributed by atoms with Gasteiger partial charge in [-0.2, -0.15) is 0 Å². The lowest BCUT2D eigenvalue weighted by atomic mass is 9.95. The average Bonchev–Trinajstić information content (AvgIpc) is 3.25. The van der Waals surface area contributed by atoms with Gasteiger partial charge in [-0.3, -0.25) is 0 Å². The van der Waals surface area contributed by atoms with Crippen LogP contribution in [-0.2, 0) is 4.74 Å². The molecule has 0 saturated heterocycles. The number of rotatable bonds is 5. The second-order valence-electron chi connectivity index (χ2n) is 6.06.